The van der Waals surface area contributed by atoms with E-state index in [2.05, 4.69) is 0 Å². The van der Waals surface area contributed by atoms with Crippen molar-refractivity contribution in [1.82, 2.24) is 5.23 Å². The van der Waals surface area contributed by atoms with Gasteiger partial charge in [0.25, 0.3) is 5.91 Å². The summed E-state index contributed by atoms with van der Waals surface area (Å²) in [7, 11) is 0. The molecule has 0 heterocycles. The second kappa shape index (κ2) is 8.89. The molecule has 6 nitrogen and oxygen atoms in total. The van der Waals surface area contributed by atoms with Gasteiger partial charge in [0.05, 0.1) is 13.2 Å². The van der Waals surface area contributed by atoms with Crippen molar-refractivity contribution in [3.05, 3.63) is 0 Å². The molecule has 0 unspecified atom stereocenters. The zero-order valence-electron chi connectivity index (χ0n) is 8.31. The number of aliphatic hydroxyl groups is 2. The molecule has 0 atom stereocenters. The molecular formula is C8H17NO5. The van der Waals surface area contributed by atoms with E-state index in [1.54, 1.807) is 0 Å². The maximum Gasteiger partial charge on any atom is 0.270 e. The van der Waals surface area contributed by atoms with Crippen molar-refractivity contribution in [2.24, 2.45) is 0 Å². The van der Waals surface area contributed by atoms with Gasteiger partial charge in [-0.25, -0.2) is 9.68 Å². The van der Waals surface area contributed by atoms with Crippen LogP contribution in [0.1, 0.15) is 19.8 Å². The van der Waals surface area contributed by atoms with Crippen molar-refractivity contribution in [2.75, 3.05) is 26.4 Å². The van der Waals surface area contributed by atoms with Crippen molar-refractivity contribution in [3.63, 3.8) is 0 Å². The second-order valence-electron chi connectivity index (χ2n) is 2.60. The van der Waals surface area contributed by atoms with Crippen molar-refractivity contribution in [2.45, 2.75) is 19.8 Å². The molecule has 0 aliphatic carbocycles. The van der Waals surface area contributed by atoms with Gasteiger partial charge < -0.3 is 10.2 Å². The van der Waals surface area contributed by atoms with Gasteiger partial charge in [-0.1, -0.05) is 5.23 Å². The standard InChI is InChI=1S/C8H17NO5/c1-8(12)9(13-6-2-4-10)14-7-3-5-11/h10-11H,2-7H2,1H3. The average Bonchev–Trinajstić information content (AvgIpc) is 2.15. The summed E-state index contributed by atoms with van der Waals surface area (Å²) in [6.07, 6.45) is 0.875. The number of aliphatic hydroxyl groups excluding tert-OH is 2. The fourth-order valence-corrected chi connectivity index (χ4v) is 0.643. The van der Waals surface area contributed by atoms with E-state index in [-0.39, 0.29) is 32.3 Å². The topological polar surface area (TPSA) is 79.2 Å². The number of carbonyl (C=O) groups excluding carboxylic acids is 1. The lowest BCUT2D eigenvalue weighted by Crippen LogP contribution is -2.30. The maximum absolute atomic E-state index is 10.9. The fourth-order valence-electron chi connectivity index (χ4n) is 0.643. The summed E-state index contributed by atoms with van der Waals surface area (Å²) in [5.41, 5.74) is 0. The molecule has 0 spiro atoms. The third kappa shape index (κ3) is 6.79. The van der Waals surface area contributed by atoms with E-state index in [1.165, 1.54) is 6.92 Å². The average molecular weight is 207 g/mol. The Bertz CT molecular complexity index is 143. The highest BCUT2D eigenvalue weighted by Gasteiger charge is 2.09. The molecule has 0 rings (SSSR count). The SMILES string of the molecule is CC(=O)N(OCCCO)OCCCO. The second-order valence-corrected chi connectivity index (χ2v) is 2.60. The monoisotopic (exact) mass is 207 g/mol. The number of hydrogen-bond acceptors (Lipinski definition) is 5. The Morgan fingerprint density at radius 2 is 1.57 bits per heavy atom. The summed E-state index contributed by atoms with van der Waals surface area (Å²) in [5.74, 6) is -0.374. The molecule has 6 heteroatoms. The number of nitrogens with zero attached hydrogens (tertiary/aromatic N) is 1. The molecule has 0 aromatic heterocycles. The number of hydrogen-bond donors (Lipinski definition) is 2. The van der Waals surface area contributed by atoms with Crippen molar-refractivity contribution < 1.29 is 24.7 Å². The minimum absolute atomic E-state index is 0.00237. The summed E-state index contributed by atoms with van der Waals surface area (Å²) >= 11 is 0. The molecule has 1 amide bonds. The lowest BCUT2D eigenvalue weighted by molar-refractivity contribution is -0.341. The largest absolute Gasteiger partial charge is 0.396 e. The van der Waals surface area contributed by atoms with Gasteiger partial charge in [-0.2, -0.15) is 0 Å². The molecule has 0 aromatic carbocycles. The molecule has 0 aliphatic rings. The Morgan fingerprint density at radius 3 is 1.86 bits per heavy atom. The van der Waals surface area contributed by atoms with Crippen molar-refractivity contribution in [3.8, 4) is 0 Å². The first-order valence-electron chi connectivity index (χ1n) is 4.50. The van der Waals surface area contributed by atoms with Crippen LogP contribution >= 0.6 is 0 Å². The summed E-state index contributed by atoms with van der Waals surface area (Å²) in [6, 6.07) is 0. The van der Waals surface area contributed by atoms with Gasteiger partial charge in [0.2, 0.25) is 0 Å². The van der Waals surface area contributed by atoms with Crippen LogP contribution in [0.2, 0.25) is 0 Å². The van der Waals surface area contributed by atoms with Crippen LogP contribution < -0.4 is 0 Å². The van der Waals surface area contributed by atoms with Gasteiger partial charge in [-0.15, -0.1) is 0 Å². The van der Waals surface area contributed by atoms with Crippen molar-refractivity contribution >= 4 is 5.91 Å². The minimum atomic E-state index is -0.374. The number of hydroxylamine groups is 2. The third-order valence-corrected chi connectivity index (χ3v) is 1.28. The predicted octanol–water partition coefficient (Wildman–Crippen LogP) is -0.537. The summed E-state index contributed by atoms with van der Waals surface area (Å²) in [6.45, 7) is 1.74. The fraction of sp³-hybridized carbons (Fsp3) is 0.875. The molecule has 14 heavy (non-hydrogen) atoms. The zero-order chi connectivity index (χ0) is 10.8. The first-order chi connectivity index (χ1) is 6.72. The lowest BCUT2D eigenvalue weighted by atomic mass is 10.5. The number of amides is 1. The molecule has 0 radical (unpaired) electrons. The minimum Gasteiger partial charge on any atom is -0.396 e. The Kier molecular flexibility index (Phi) is 8.45. The van der Waals surface area contributed by atoms with Crippen LogP contribution in [0, 0.1) is 0 Å². The Morgan fingerprint density at radius 1 is 1.14 bits per heavy atom. The van der Waals surface area contributed by atoms with Gasteiger partial charge >= 0.3 is 0 Å². The first kappa shape index (κ1) is 13.3. The Balaban J connectivity index is 3.61. The molecule has 84 valence electrons. The molecule has 0 saturated heterocycles. The van der Waals surface area contributed by atoms with Gasteiger partial charge in [-0.3, -0.25) is 4.79 Å². The normalized spacial score (nSPS) is 10.2. The van der Waals surface area contributed by atoms with Gasteiger partial charge in [-0.05, 0) is 12.8 Å². The first-order valence-corrected chi connectivity index (χ1v) is 4.50. The molecular weight excluding hydrogens is 190 g/mol. The van der Waals surface area contributed by atoms with Gasteiger partial charge in [0, 0.05) is 20.1 Å². The van der Waals surface area contributed by atoms with E-state index < -0.39 is 0 Å². The highest BCUT2D eigenvalue weighted by molar-refractivity contribution is 5.70. The van der Waals surface area contributed by atoms with Crippen LogP contribution in [0.15, 0.2) is 0 Å². The third-order valence-electron chi connectivity index (χ3n) is 1.28. The number of carbonyl (C=O) groups is 1. The summed E-state index contributed by atoms with van der Waals surface area (Å²) in [5, 5.41) is 17.7. The Hall–Kier alpha value is -0.690. The molecule has 0 fully saturated rings. The van der Waals surface area contributed by atoms with E-state index in [0.29, 0.717) is 12.8 Å². The van der Waals surface area contributed by atoms with E-state index in [9.17, 15) is 4.79 Å². The van der Waals surface area contributed by atoms with E-state index in [0.717, 1.165) is 5.23 Å². The van der Waals surface area contributed by atoms with Crippen LogP contribution in [0.5, 0.6) is 0 Å². The van der Waals surface area contributed by atoms with Gasteiger partial charge in [0.1, 0.15) is 0 Å². The molecule has 0 aliphatic heterocycles. The van der Waals surface area contributed by atoms with Crippen LogP contribution in [0.25, 0.3) is 0 Å². The summed E-state index contributed by atoms with van der Waals surface area (Å²) in [4.78, 5) is 20.7. The Labute approximate surface area is 82.9 Å². The lowest BCUT2D eigenvalue weighted by Gasteiger charge is -2.18. The van der Waals surface area contributed by atoms with E-state index >= 15 is 0 Å². The van der Waals surface area contributed by atoms with E-state index in [1.807, 2.05) is 0 Å². The van der Waals surface area contributed by atoms with Crippen molar-refractivity contribution in [1.29, 1.82) is 0 Å². The van der Waals surface area contributed by atoms with E-state index in [4.69, 9.17) is 19.9 Å². The quantitative estimate of drug-likeness (QED) is 0.413. The molecule has 0 aromatic rings. The molecule has 2 N–H and O–H groups in total. The maximum atomic E-state index is 10.9. The van der Waals surface area contributed by atoms with Crippen LogP contribution in [0.4, 0.5) is 0 Å². The molecule has 0 saturated carbocycles. The summed E-state index contributed by atoms with van der Waals surface area (Å²) < 4.78 is 0. The highest BCUT2D eigenvalue weighted by Crippen LogP contribution is 1.96. The predicted molar refractivity (Wildman–Crippen MR) is 47.8 cm³/mol. The zero-order valence-corrected chi connectivity index (χ0v) is 8.31. The van der Waals surface area contributed by atoms with Crippen LogP contribution in [-0.4, -0.2) is 47.8 Å². The number of rotatable bonds is 8. The smallest absolute Gasteiger partial charge is 0.270 e. The highest BCUT2D eigenvalue weighted by atomic mass is 17.0. The molecule has 0 bridgehead atoms. The van der Waals surface area contributed by atoms with Gasteiger partial charge in [0.15, 0.2) is 0 Å². The van der Waals surface area contributed by atoms with Crippen LogP contribution in [-0.2, 0) is 14.5 Å². The van der Waals surface area contributed by atoms with Crippen LogP contribution in [0.3, 0.4) is 0 Å².